The smallest absolute Gasteiger partial charge is 0.275 e. The summed E-state index contributed by atoms with van der Waals surface area (Å²) in [6.07, 6.45) is 1.75. The zero-order chi connectivity index (χ0) is 18.7. The standard InChI is InChI=1S/C21H22N2O3/c1-13(2)14-9-10-18(25-3)15(11-14)12-17-21(24)23-20(22-17)16-7-5-6-8-19(16)26-4/h5-13H,1-4H3,(H,22,23,24)/b17-12-. The number of ether oxygens (including phenoxy) is 2. The largest absolute Gasteiger partial charge is 0.496 e. The van der Waals surface area contributed by atoms with E-state index in [0.717, 1.165) is 11.1 Å². The zero-order valence-corrected chi connectivity index (χ0v) is 15.4. The van der Waals surface area contributed by atoms with Gasteiger partial charge in [0.25, 0.3) is 5.91 Å². The van der Waals surface area contributed by atoms with Crippen LogP contribution in [0.5, 0.6) is 11.5 Å². The van der Waals surface area contributed by atoms with E-state index in [9.17, 15) is 4.79 Å². The summed E-state index contributed by atoms with van der Waals surface area (Å²) in [6.45, 7) is 4.25. The topological polar surface area (TPSA) is 59.9 Å². The molecule has 1 heterocycles. The highest BCUT2D eigenvalue weighted by atomic mass is 16.5. The van der Waals surface area contributed by atoms with Crippen molar-refractivity contribution in [2.24, 2.45) is 4.99 Å². The molecule has 0 radical (unpaired) electrons. The monoisotopic (exact) mass is 350 g/mol. The predicted molar refractivity (Wildman–Crippen MR) is 103 cm³/mol. The lowest BCUT2D eigenvalue weighted by Gasteiger charge is -2.10. The van der Waals surface area contributed by atoms with Crippen molar-refractivity contribution in [3.8, 4) is 11.5 Å². The number of carbonyl (C=O) groups is 1. The van der Waals surface area contributed by atoms with E-state index in [4.69, 9.17) is 9.47 Å². The molecule has 2 aromatic carbocycles. The molecule has 0 bridgehead atoms. The number of nitrogens with one attached hydrogen (secondary N) is 1. The second-order valence-corrected chi connectivity index (χ2v) is 6.30. The molecule has 26 heavy (non-hydrogen) atoms. The Morgan fingerprint density at radius 1 is 1.04 bits per heavy atom. The molecule has 3 rings (SSSR count). The summed E-state index contributed by atoms with van der Waals surface area (Å²) in [4.78, 5) is 16.9. The number of methoxy groups -OCH3 is 2. The van der Waals surface area contributed by atoms with Crippen molar-refractivity contribution in [3.63, 3.8) is 0 Å². The third-order valence-electron chi connectivity index (χ3n) is 4.27. The summed E-state index contributed by atoms with van der Waals surface area (Å²) >= 11 is 0. The fourth-order valence-electron chi connectivity index (χ4n) is 2.81. The second-order valence-electron chi connectivity index (χ2n) is 6.30. The van der Waals surface area contributed by atoms with Crippen LogP contribution in [0, 0.1) is 0 Å². The van der Waals surface area contributed by atoms with Gasteiger partial charge in [0.15, 0.2) is 0 Å². The van der Waals surface area contributed by atoms with Gasteiger partial charge in [-0.25, -0.2) is 4.99 Å². The third-order valence-corrected chi connectivity index (χ3v) is 4.27. The van der Waals surface area contributed by atoms with Gasteiger partial charge in [0.2, 0.25) is 0 Å². The van der Waals surface area contributed by atoms with Crippen molar-refractivity contribution in [1.29, 1.82) is 0 Å². The molecule has 0 fully saturated rings. The summed E-state index contributed by atoms with van der Waals surface area (Å²) in [5.74, 6) is 1.98. The van der Waals surface area contributed by atoms with Crippen LogP contribution in [0.1, 0.15) is 36.5 Å². The summed E-state index contributed by atoms with van der Waals surface area (Å²) in [5, 5.41) is 2.81. The minimum atomic E-state index is -0.247. The van der Waals surface area contributed by atoms with Crippen LogP contribution in [0.15, 0.2) is 53.2 Å². The van der Waals surface area contributed by atoms with Gasteiger partial charge in [0.1, 0.15) is 23.0 Å². The molecule has 0 unspecified atom stereocenters. The van der Waals surface area contributed by atoms with Gasteiger partial charge >= 0.3 is 0 Å². The summed E-state index contributed by atoms with van der Waals surface area (Å²) < 4.78 is 10.8. The average molecular weight is 350 g/mol. The number of aliphatic imine (C=N–C) groups is 1. The lowest BCUT2D eigenvalue weighted by atomic mass is 10.00. The Labute approximate surface area is 153 Å². The maximum absolute atomic E-state index is 12.4. The number of hydrogen-bond acceptors (Lipinski definition) is 4. The number of amides is 1. The van der Waals surface area contributed by atoms with Gasteiger partial charge < -0.3 is 14.8 Å². The Balaban J connectivity index is 2.03. The van der Waals surface area contributed by atoms with E-state index in [1.54, 1.807) is 20.3 Å². The lowest BCUT2D eigenvalue weighted by molar-refractivity contribution is -0.115. The predicted octanol–water partition coefficient (Wildman–Crippen LogP) is 3.74. The first-order chi connectivity index (χ1) is 12.5. The van der Waals surface area contributed by atoms with Crippen molar-refractivity contribution in [2.75, 3.05) is 14.2 Å². The van der Waals surface area contributed by atoms with Gasteiger partial charge in [-0.05, 0) is 41.8 Å². The van der Waals surface area contributed by atoms with E-state index in [1.807, 2.05) is 42.5 Å². The first-order valence-corrected chi connectivity index (χ1v) is 8.46. The number of rotatable bonds is 5. The normalized spacial score (nSPS) is 15.2. The molecule has 0 saturated carbocycles. The van der Waals surface area contributed by atoms with Crippen LogP contribution in [0.25, 0.3) is 6.08 Å². The maximum atomic E-state index is 12.4. The average Bonchev–Trinajstić information content (AvgIpc) is 3.02. The minimum absolute atomic E-state index is 0.247. The molecule has 0 saturated heterocycles. The first kappa shape index (κ1) is 17.7. The zero-order valence-electron chi connectivity index (χ0n) is 15.4. The Bertz CT molecular complexity index is 898. The molecular formula is C21H22N2O3. The van der Waals surface area contributed by atoms with Crippen molar-refractivity contribution in [3.05, 3.63) is 64.9 Å². The first-order valence-electron chi connectivity index (χ1n) is 8.46. The molecule has 0 aliphatic carbocycles. The number of amidine groups is 1. The van der Waals surface area contributed by atoms with E-state index in [0.29, 0.717) is 28.9 Å². The summed E-state index contributed by atoms with van der Waals surface area (Å²) in [7, 11) is 3.21. The number of para-hydroxylation sites is 1. The number of hydrogen-bond donors (Lipinski definition) is 1. The fourth-order valence-corrected chi connectivity index (χ4v) is 2.81. The van der Waals surface area contributed by atoms with Crippen molar-refractivity contribution in [1.82, 2.24) is 5.32 Å². The van der Waals surface area contributed by atoms with Crippen LogP contribution < -0.4 is 14.8 Å². The highest BCUT2D eigenvalue weighted by Crippen LogP contribution is 2.28. The Hall–Kier alpha value is -3.08. The van der Waals surface area contributed by atoms with Crippen LogP contribution in [-0.2, 0) is 4.79 Å². The maximum Gasteiger partial charge on any atom is 0.275 e. The van der Waals surface area contributed by atoms with E-state index in [1.165, 1.54) is 5.56 Å². The van der Waals surface area contributed by atoms with Crippen LogP contribution in [0.2, 0.25) is 0 Å². The van der Waals surface area contributed by atoms with Crippen molar-refractivity contribution >= 4 is 17.8 Å². The van der Waals surface area contributed by atoms with E-state index in [-0.39, 0.29) is 5.91 Å². The SMILES string of the molecule is COc1ccc(C(C)C)cc1/C=C1\N=C(c2ccccc2OC)NC1=O. The molecule has 5 nitrogen and oxygen atoms in total. The van der Waals surface area contributed by atoms with Gasteiger partial charge in [-0.2, -0.15) is 0 Å². The second kappa shape index (κ2) is 7.44. The third kappa shape index (κ3) is 3.47. The summed E-state index contributed by atoms with van der Waals surface area (Å²) in [5.41, 5.74) is 3.08. The highest BCUT2D eigenvalue weighted by molar-refractivity contribution is 6.20. The molecule has 134 valence electrons. The van der Waals surface area contributed by atoms with Crippen LogP contribution in [-0.4, -0.2) is 26.0 Å². The Morgan fingerprint density at radius 3 is 2.46 bits per heavy atom. The molecule has 0 aromatic heterocycles. The van der Waals surface area contributed by atoms with Gasteiger partial charge in [0.05, 0.1) is 19.8 Å². The molecule has 5 heteroatoms. The van der Waals surface area contributed by atoms with Crippen LogP contribution in [0.4, 0.5) is 0 Å². The van der Waals surface area contributed by atoms with E-state index < -0.39 is 0 Å². The quantitative estimate of drug-likeness (QED) is 0.836. The van der Waals surface area contributed by atoms with Gasteiger partial charge in [-0.1, -0.05) is 32.0 Å². The number of carbonyl (C=O) groups excluding carboxylic acids is 1. The molecular weight excluding hydrogens is 328 g/mol. The van der Waals surface area contributed by atoms with Crippen LogP contribution >= 0.6 is 0 Å². The number of benzene rings is 2. The molecule has 1 aliphatic rings. The van der Waals surface area contributed by atoms with Crippen molar-refractivity contribution < 1.29 is 14.3 Å². The minimum Gasteiger partial charge on any atom is -0.496 e. The molecule has 2 aromatic rings. The Morgan fingerprint density at radius 2 is 1.77 bits per heavy atom. The van der Waals surface area contributed by atoms with Crippen molar-refractivity contribution in [2.45, 2.75) is 19.8 Å². The van der Waals surface area contributed by atoms with Gasteiger partial charge in [-0.3, -0.25) is 4.79 Å². The molecule has 0 spiro atoms. The van der Waals surface area contributed by atoms with Crippen LogP contribution in [0.3, 0.4) is 0 Å². The highest BCUT2D eigenvalue weighted by Gasteiger charge is 2.23. The summed E-state index contributed by atoms with van der Waals surface area (Å²) in [6, 6.07) is 13.4. The van der Waals surface area contributed by atoms with E-state index >= 15 is 0 Å². The molecule has 0 atom stereocenters. The molecule has 1 aliphatic heterocycles. The van der Waals surface area contributed by atoms with Gasteiger partial charge in [-0.15, -0.1) is 0 Å². The molecule has 1 amide bonds. The van der Waals surface area contributed by atoms with Gasteiger partial charge in [0, 0.05) is 5.56 Å². The lowest BCUT2D eigenvalue weighted by Crippen LogP contribution is -2.25. The fraction of sp³-hybridized carbons (Fsp3) is 0.238. The number of nitrogens with zero attached hydrogens (tertiary/aromatic N) is 1. The Kier molecular flexibility index (Phi) is 5.07. The van der Waals surface area contributed by atoms with E-state index in [2.05, 4.69) is 24.2 Å². The molecule has 1 N–H and O–H groups in total.